The van der Waals surface area contributed by atoms with Gasteiger partial charge in [-0.1, -0.05) is 18.2 Å². The van der Waals surface area contributed by atoms with Crippen LogP contribution in [0.2, 0.25) is 0 Å². The van der Waals surface area contributed by atoms with E-state index in [0.717, 1.165) is 23.4 Å². The fourth-order valence-electron chi connectivity index (χ4n) is 2.19. The molecule has 7 heteroatoms. The van der Waals surface area contributed by atoms with E-state index in [1.807, 2.05) is 24.3 Å². The molecule has 134 valence electrons. The third kappa shape index (κ3) is 6.02. The Balaban J connectivity index is 1.75. The van der Waals surface area contributed by atoms with Gasteiger partial charge in [-0.2, -0.15) is 13.2 Å². The third-order valence-electron chi connectivity index (χ3n) is 3.54. The van der Waals surface area contributed by atoms with Crippen molar-refractivity contribution in [3.05, 3.63) is 59.7 Å². The zero-order chi connectivity index (χ0) is 18.3. The van der Waals surface area contributed by atoms with Gasteiger partial charge in [0.2, 0.25) is 5.91 Å². The molecule has 0 aliphatic heterocycles. The van der Waals surface area contributed by atoms with Crippen LogP contribution in [0, 0.1) is 0 Å². The summed E-state index contributed by atoms with van der Waals surface area (Å²) in [6.07, 6.45) is -3.75. The van der Waals surface area contributed by atoms with E-state index in [2.05, 4.69) is 10.6 Å². The first-order chi connectivity index (χ1) is 11.9. The number of hydrogen-bond acceptors (Lipinski definition) is 3. The molecule has 0 bridgehead atoms. The highest BCUT2D eigenvalue weighted by Gasteiger charge is 2.30. The van der Waals surface area contributed by atoms with Crippen LogP contribution in [0.3, 0.4) is 0 Å². The number of rotatable bonds is 7. The summed E-state index contributed by atoms with van der Waals surface area (Å²) in [5.41, 5.74) is 0.546. The molecule has 0 aromatic heterocycles. The average Bonchev–Trinajstić information content (AvgIpc) is 2.60. The summed E-state index contributed by atoms with van der Waals surface area (Å²) >= 11 is 0. The van der Waals surface area contributed by atoms with Crippen molar-refractivity contribution in [1.82, 2.24) is 5.32 Å². The lowest BCUT2D eigenvalue weighted by molar-refractivity contribution is -0.137. The Morgan fingerprint density at radius 1 is 1.12 bits per heavy atom. The van der Waals surface area contributed by atoms with Crippen LogP contribution in [0.1, 0.15) is 11.1 Å². The number of carbonyl (C=O) groups is 1. The van der Waals surface area contributed by atoms with Crippen molar-refractivity contribution in [3.8, 4) is 5.75 Å². The number of amides is 1. The molecule has 2 aromatic rings. The van der Waals surface area contributed by atoms with Crippen molar-refractivity contribution in [2.45, 2.75) is 12.6 Å². The van der Waals surface area contributed by atoms with Gasteiger partial charge in [0.1, 0.15) is 5.75 Å². The summed E-state index contributed by atoms with van der Waals surface area (Å²) < 4.78 is 42.9. The maximum atomic E-state index is 12.6. The highest BCUT2D eigenvalue weighted by Crippen LogP contribution is 2.30. The van der Waals surface area contributed by atoms with Gasteiger partial charge in [0, 0.05) is 12.2 Å². The lowest BCUT2D eigenvalue weighted by atomic mass is 10.1. The smallest absolute Gasteiger partial charge is 0.416 e. The van der Waals surface area contributed by atoms with Gasteiger partial charge < -0.3 is 15.4 Å². The molecule has 25 heavy (non-hydrogen) atoms. The van der Waals surface area contributed by atoms with Crippen LogP contribution in [0.4, 0.5) is 18.9 Å². The molecule has 0 spiro atoms. The maximum absolute atomic E-state index is 12.6. The number of nitrogens with one attached hydrogen (secondary N) is 2. The first kappa shape index (κ1) is 18.6. The zero-order valence-corrected chi connectivity index (χ0v) is 13.7. The largest absolute Gasteiger partial charge is 0.497 e. The molecule has 2 N–H and O–H groups in total. The summed E-state index contributed by atoms with van der Waals surface area (Å²) in [6, 6.07) is 12.2. The molecule has 0 fully saturated rings. The number of halogens is 3. The van der Waals surface area contributed by atoms with Crippen LogP contribution >= 0.6 is 0 Å². The van der Waals surface area contributed by atoms with Gasteiger partial charge in [-0.25, -0.2) is 0 Å². The van der Waals surface area contributed by atoms with E-state index in [1.54, 1.807) is 7.11 Å². The average molecular weight is 352 g/mol. The van der Waals surface area contributed by atoms with E-state index in [1.165, 1.54) is 12.1 Å². The second-order valence-electron chi connectivity index (χ2n) is 5.38. The predicted molar refractivity (Wildman–Crippen MR) is 89.6 cm³/mol. The zero-order valence-electron chi connectivity index (χ0n) is 13.7. The number of benzene rings is 2. The monoisotopic (exact) mass is 352 g/mol. The van der Waals surface area contributed by atoms with Crippen LogP contribution in [-0.2, 0) is 17.4 Å². The minimum Gasteiger partial charge on any atom is -0.497 e. The van der Waals surface area contributed by atoms with E-state index in [9.17, 15) is 18.0 Å². The molecule has 2 aromatic carbocycles. The molecule has 4 nitrogen and oxygen atoms in total. The van der Waals surface area contributed by atoms with Gasteiger partial charge in [0.15, 0.2) is 0 Å². The van der Waals surface area contributed by atoms with Crippen molar-refractivity contribution < 1.29 is 22.7 Å². The fraction of sp³-hybridized carbons (Fsp3) is 0.278. The second-order valence-corrected chi connectivity index (χ2v) is 5.38. The number of methoxy groups -OCH3 is 1. The number of alkyl halides is 3. The SMILES string of the molecule is COc1ccc(CCNC(=O)CNc2cccc(C(F)(F)F)c2)cc1. The van der Waals surface area contributed by atoms with Crippen LogP contribution in [0.5, 0.6) is 5.75 Å². The van der Waals surface area contributed by atoms with E-state index in [4.69, 9.17) is 4.74 Å². The molecule has 0 saturated heterocycles. The third-order valence-corrected chi connectivity index (χ3v) is 3.54. The molecule has 0 radical (unpaired) electrons. The highest BCUT2D eigenvalue weighted by atomic mass is 19.4. The van der Waals surface area contributed by atoms with Crippen molar-refractivity contribution >= 4 is 11.6 Å². The van der Waals surface area contributed by atoms with Crippen LogP contribution < -0.4 is 15.4 Å². The second kappa shape index (κ2) is 8.41. The van der Waals surface area contributed by atoms with Gasteiger partial charge in [0.25, 0.3) is 0 Å². The topological polar surface area (TPSA) is 50.4 Å². The number of anilines is 1. The van der Waals surface area contributed by atoms with E-state index >= 15 is 0 Å². The Hall–Kier alpha value is -2.70. The minimum absolute atomic E-state index is 0.0933. The first-order valence-corrected chi connectivity index (χ1v) is 7.69. The number of hydrogen-bond donors (Lipinski definition) is 2. The van der Waals surface area contributed by atoms with Gasteiger partial charge >= 0.3 is 6.18 Å². The van der Waals surface area contributed by atoms with Crippen LogP contribution in [0.25, 0.3) is 0 Å². The predicted octanol–water partition coefficient (Wildman–Crippen LogP) is 3.48. The Labute approximate surface area is 144 Å². The van der Waals surface area contributed by atoms with E-state index in [-0.39, 0.29) is 18.1 Å². The van der Waals surface area contributed by atoms with Gasteiger partial charge in [-0.3, -0.25) is 4.79 Å². The quantitative estimate of drug-likeness (QED) is 0.802. The molecule has 2 rings (SSSR count). The molecule has 0 saturated carbocycles. The molecule has 0 atom stereocenters. The first-order valence-electron chi connectivity index (χ1n) is 7.69. The summed E-state index contributed by atoms with van der Waals surface area (Å²) in [4.78, 5) is 11.8. The van der Waals surface area contributed by atoms with Crippen molar-refractivity contribution in [1.29, 1.82) is 0 Å². The Morgan fingerprint density at radius 3 is 2.48 bits per heavy atom. The Bertz CT molecular complexity index is 700. The molecule has 0 aliphatic carbocycles. The highest BCUT2D eigenvalue weighted by molar-refractivity contribution is 5.80. The number of carbonyl (C=O) groups excluding carboxylic acids is 1. The van der Waals surface area contributed by atoms with Crippen LogP contribution in [0.15, 0.2) is 48.5 Å². The molecular formula is C18H19F3N2O2. The molecule has 0 heterocycles. The van der Waals surface area contributed by atoms with Gasteiger partial charge in [0.05, 0.1) is 19.2 Å². The van der Waals surface area contributed by atoms with E-state index in [0.29, 0.717) is 13.0 Å². The summed E-state index contributed by atoms with van der Waals surface area (Å²) in [5.74, 6) is 0.476. The molecule has 0 unspecified atom stereocenters. The Morgan fingerprint density at radius 2 is 1.84 bits per heavy atom. The standard InChI is InChI=1S/C18H19F3N2O2/c1-25-16-7-5-13(6-8-16)9-10-22-17(24)12-23-15-4-2-3-14(11-15)18(19,20)21/h2-8,11,23H,9-10,12H2,1H3,(H,22,24). The van der Waals surface area contributed by atoms with Crippen LogP contribution in [-0.4, -0.2) is 26.1 Å². The Kier molecular flexibility index (Phi) is 6.27. The molecular weight excluding hydrogens is 333 g/mol. The minimum atomic E-state index is -4.40. The normalized spacial score (nSPS) is 11.0. The lowest BCUT2D eigenvalue weighted by Crippen LogP contribution is -2.31. The summed E-state index contributed by atoms with van der Waals surface area (Å²) in [7, 11) is 1.59. The fourth-order valence-corrected chi connectivity index (χ4v) is 2.19. The van der Waals surface area contributed by atoms with Crippen molar-refractivity contribution in [3.63, 3.8) is 0 Å². The molecule has 0 aliphatic rings. The molecule has 1 amide bonds. The van der Waals surface area contributed by atoms with Gasteiger partial charge in [-0.15, -0.1) is 0 Å². The summed E-state index contributed by atoms with van der Waals surface area (Å²) in [5, 5.41) is 5.41. The van der Waals surface area contributed by atoms with E-state index < -0.39 is 11.7 Å². The van der Waals surface area contributed by atoms with Gasteiger partial charge in [-0.05, 0) is 42.3 Å². The van der Waals surface area contributed by atoms with Crippen molar-refractivity contribution in [2.24, 2.45) is 0 Å². The lowest BCUT2D eigenvalue weighted by Gasteiger charge is -2.11. The number of ether oxygens (including phenoxy) is 1. The summed E-state index contributed by atoms with van der Waals surface area (Å²) in [6.45, 7) is 0.347. The van der Waals surface area contributed by atoms with Crippen molar-refractivity contribution in [2.75, 3.05) is 25.5 Å². The maximum Gasteiger partial charge on any atom is 0.416 e.